The number of rotatable bonds is 6. The number of hydrogen-bond donors (Lipinski definition) is 1. The first-order valence-corrected chi connectivity index (χ1v) is 10.9. The zero-order valence-corrected chi connectivity index (χ0v) is 16.6. The van der Waals surface area contributed by atoms with Crippen LogP contribution in [-0.2, 0) is 16.6 Å². The van der Waals surface area contributed by atoms with Gasteiger partial charge in [-0.25, -0.2) is 17.7 Å². The zero-order valence-electron chi connectivity index (χ0n) is 14.2. The summed E-state index contributed by atoms with van der Waals surface area (Å²) in [5.41, 5.74) is 2.20. The summed E-state index contributed by atoms with van der Waals surface area (Å²) in [6.07, 6.45) is 0. The fourth-order valence-electron chi connectivity index (χ4n) is 2.16. The highest BCUT2D eigenvalue weighted by Gasteiger charge is 2.17. The number of thiophene rings is 1. The highest BCUT2D eigenvalue weighted by molar-refractivity contribution is 7.89. The summed E-state index contributed by atoms with van der Waals surface area (Å²) in [7, 11) is -0.473. The maximum Gasteiger partial charge on any atom is 0.271 e. The van der Waals surface area contributed by atoms with Gasteiger partial charge in [0, 0.05) is 37.0 Å². The molecule has 3 aromatic rings. The van der Waals surface area contributed by atoms with Gasteiger partial charge in [0.15, 0.2) is 0 Å². The van der Waals surface area contributed by atoms with Gasteiger partial charge in [-0.05, 0) is 29.1 Å². The minimum absolute atomic E-state index is 0.220. The van der Waals surface area contributed by atoms with E-state index in [1.807, 2.05) is 16.8 Å². The topological polar surface area (TPSA) is 79.4 Å². The van der Waals surface area contributed by atoms with Crippen molar-refractivity contribution in [3.63, 3.8) is 0 Å². The maximum absolute atomic E-state index is 12.2. The first kappa shape index (κ1) is 18.7. The molecule has 26 heavy (non-hydrogen) atoms. The summed E-state index contributed by atoms with van der Waals surface area (Å²) >= 11 is 3.01. The molecule has 0 spiro atoms. The molecule has 6 nitrogen and oxygen atoms in total. The molecule has 0 aliphatic carbocycles. The SMILES string of the molecule is CN(C)S(=O)(=O)c1ccc(CNC(=O)c2csc(-c3ccsc3)n2)cc1. The van der Waals surface area contributed by atoms with Crippen LogP contribution >= 0.6 is 22.7 Å². The van der Waals surface area contributed by atoms with Gasteiger partial charge in [-0.3, -0.25) is 4.79 Å². The molecule has 0 fully saturated rings. The van der Waals surface area contributed by atoms with Gasteiger partial charge in [0.25, 0.3) is 5.91 Å². The average molecular weight is 408 g/mol. The van der Waals surface area contributed by atoms with Crippen molar-refractivity contribution in [1.82, 2.24) is 14.6 Å². The molecule has 1 amide bonds. The molecule has 136 valence electrons. The van der Waals surface area contributed by atoms with Crippen molar-refractivity contribution in [3.05, 3.63) is 57.7 Å². The number of amides is 1. The second kappa shape index (κ2) is 7.67. The van der Waals surface area contributed by atoms with Crippen LogP contribution in [0.3, 0.4) is 0 Å². The highest BCUT2D eigenvalue weighted by Crippen LogP contribution is 2.25. The predicted molar refractivity (Wildman–Crippen MR) is 104 cm³/mol. The van der Waals surface area contributed by atoms with Crippen molar-refractivity contribution in [1.29, 1.82) is 0 Å². The van der Waals surface area contributed by atoms with Crippen molar-refractivity contribution in [2.75, 3.05) is 14.1 Å². The monoisotopic (exact) mass is 407 g/mol. The molecular formula is C17H17N3O3S3. The van der Waals surface area contributed by atoms with E-state index in [1.165, 1.54) is 37.6 Å². The third-order valence-electron chi connectivity index (χ3n) is 3.66. The third kappa shape index (κ3) is 4.01. The largest absolute Gasteiger partial charge is 0.347 e. The van der Waals surface area contributed by atoms with E-state index in [-0.39, 0.29) is 10.8 Å². The summed E-state index contributed by atoms with van der Waals surface area (Å²) in [4.78, 5) is 16.8. The minimum Gasteiger partial charge on any atom is -0.347 e. The molecule has 3 rings (SSSR count). The quantitative estimate of drug-likeness (QED) is 0.681. The van der Waals surface area contributed by atoms with Crippen LogP contribution in [-0.4, -0.2) is 37.7 Å². The van der Waals surface area contributed by atoms with Gasteiger partial charge in [-0.1, -0.05) is 12.1 Å². The van der Waals surface area contributed by atoms with Gasteiger partial charge >= 0.3 is 0 Å². The molecule has 1 N–H and O–H groups in total. The van der Waals surface area contributed by atoms with Crippen molar-refractivity contribution in [2.45, 2.75) is 11.4 Å². The first-order chi connectivity index (χ1) is 12.4. The molecule has 0 aliphatic heterocycles. The molecule has 0 unspecified atom stereocenters. The molecular weight excluding hydrogens is 390 g/mol. The van der Waals surface area contributed by atoms with Gasteiger partial charge in [0.1, 0.15) is 10.7 Å². The molecule has 0 bridgehead atoms. The Kier molecular flexibility index (Phi) is 5.52. The first-order valence-electron chi connectivity index (χ1n) is 7.65. The van der Waals surface area contributed by atoms with Crippen LogP contribution in [0.25, 0.3) is 10.6 Å². The van der Waals surface area contributed by atoms with Crippen molar-refractivity contribution < 1.29 is 13.2 Å². The number of nitrogens with zero attached hydrogens (tertiary/aromatic N) is 2. The van der Waals surface area contributed by atoms with Gasteiger partial charge in [0.2, 0.25) is 10.0 Å². The van der Waals surface area contributed by atoms with Gasteiger partial charge in [-0.2, -0.15) is 11.3 Å². The third-order valence-corrected chi connectivity index (χ3v) is 7.06. The van der Waals surface area contributed by atoms with Crippen LogP contribution in [0.1, 0.15) is 16.1 Å². The van der Waals surface area contributed by atoms with E-state index < -0.39 is 10.0 Å². The normalized spacial score (nSPS) is 11.7. The lowest BCUT2D eigenvalue weighted by molar-refractivity contribution is 0.0946. The van der Waals surface area contributed by atoms with Crippen LogP contribution in [0.5, 0.6) is 0 Å². The van der Waals surface area contributed by atoms with E-state index in [0.29, 0.717) is 12.2 Å². The molecule has 0 aliphatic rings. The smallest absolute Gasteiger partial charge is 0.271 e. The molecule has 0 saturated carbocycles. The summed E-state index contributed by atoms with van der Waals surface area (Å²) in [6.45, 7) is 0.298. The number of thiazole rings is 1. The van der Waals surface area contributed by atoms with E-state index in [2.05, 4.69) is 10.3 Å². The Morgan fingerprint density at radius 2 is 1.88 bits per heavy atom. The standard InChI is InChI=1S/C17H17N3O3S3/c1-20(2)26(22,23)14-5-3-12(4-6-14)9-18-16(21)15-11-25-17(19-15)13-7-8-24-10-13/h3-8,10-11H,9H2,1-2H3,(H,18,21). The molecule has 0 atom stereocenters. The minimum atomic E-state index is -3.45. The number of benzene rings is 1. The lowest BCUT2D eigenvalue weighted by Gasteiger charge is -2.11. The highest BCUT2D eigenvalue weighted by atomic mass is 32.2. The predicted octanol–water partition coefficient (Wildman–Crippen LogP) is 3.05. The number of carbonyl (C=O) groups is 1. The van der Waals surface area contributed by atoms with E-state index in [4.69, 9.17) is 0 Å². The molecule has 0 saturated heterocycles. The fraction of sp³-hybridized carbons (Fsp3) is 0.176. The Hall–Kier alpha value is -2.07. The Balaban J connectivity index is 1.63. The lowest BCUT2D eigenvalue weighted by atomic mass is 10.2. The molecule has 1 aromatic carbocycles. The van der Waals surface area contributed by atoms with Crippen molar-refractivity contribution in [2.24, 2.45) is 0 Å². The number of nitrogens with one attached hydrogen (secondary N) is 1. The van der Waals surface area contributed by atoms with Gasteiger partial charge in [0.05, 0.1) is 4.90 Å². The Bertz CT molecular complexity index is 992. The van der Waals surface area contributed by atoms with Crippen molar-refractivity contribution in [3.8, 4) is 10.6 Å². The van der Waals surface area contributed by atoms with Crippen molar-refractivity contribution >= 4 is 38.6 Å². The van der Waals surface area contributed by atoms with E-state index >= 15 is 0 Å². The molecule has 2 aromatic heterocycles. The molecule has 2 heterocycles. The van der Waals surface area contributed by atoms with E-state index in [9.17, 15) is 13.2 Å². The Morgan fingerprint density at radius 1 is 1.15 bits per heavy atom. The van der Waals surface area contributed by atoms with Gasteiger partial charge in [-0.15, -0.1) is 11.3 Å². The Morgan fingerprint density at radius 3 is 2.50 bits per heavy atom. The number of aromatic nitrogens is 1. The average Bonchev–Trinajstić information content (AvgIpc) is 3.31. The van der Waals surface area contributed by atoms with Crippen LogP contribution in [0, 0.1) is 0 Å². The number of sulfonamides is 1. The summed E-state index contributed by atoms with van der Waals surface area (Å²) in [6, 6.07) is 8.42. The van der Waals surface area contributed by atoms with E-state index in [0.717, 1.165) is 20.4 Å². The fourth-order valence-corrected chi connectivity index (χ4v) is 4.57. The summed E-state index contributed by atoms with van der Waals surface area (Å²) in [5.74, 6) is -0.257. The number of carbonyl (C=O) groups excluding carboxylic acids is 1. The maximum atomic E-state index is 12.2. The summed E-state index contributed by atoms with van der Waals surface area (Å²) in [5, 5.41) is 9.31. The molecule has 0 radical (unpaired) electrons. The van der Waals surface area contributed by atoms with E-state index in [1.54, 1.807) is 28.8 Å². The number of hydrogen-bond acceptors (Lipinski definition) is 6. The van der Waals surface area contributed by atoms with Crippen LogP contribution < -0.4 is 5.32 Å². The second-order valence-corrected chi connectivity index (χ2v) is 9.45. The second-order valence-electron chi connectivity index (χ2n) is 5.66. The van der Waals surface area contributed by atoms with Crippen LogP contribution in [0.2, 0.25) is 0 Å². The lowest BCUT2D eigenvalue weighted by Crippen LogP contribution is -2.23. The zero-order chi connectivity index (χ0) is 18.7. The summed E-state index contributed by atoms with van der Waals surface area (Å²) < 4.78 is 25.3. The van der Waals surface area contributed by atoms with Gasteiger partial charge < -0.3 is 5.32 Å². The Labute approximate surface area is 160 Å². The van der Waals surface area contributed by atoms with Crippen LogP contribution in [0.15, 0.2) is 51.4 Å². The van der Waals surface area contributed by atoms with Crippen LogP contribution in [0.4, 0.5) is 0 Å². The molecule has 9 heteroatoms.